The number of aliphatic hydroxyl groups excluding tert-OH is 2. The van der Waals surface area contributed by atoms with Gasteiger partial charge >= 0.3 is 5.97 Å². The van der Waals surface area contributed by atoms with E-state index in [0.29, 0.717) is 62.4 Å². The van der Waals surface area contributed by atoms with Crippen molar-refractivity contribution in [3.05, 3.63) is 114 Å². The largest absolute Gasteiger partial charge is 0.508 e. The SMILES string of the molecule is CC(C)CC1NC(=O)[C@H](CC2=CCC=N2)NC(=O)[C@@H]2CCCN2C(=O)C(CC(N)=O)NC(=O)[C@H](C)N(C)C(=O)[C@H](Cc2ccc(O)cc2)NC(=O)CSC[C@@H](C(=O)NCC(N)=O)NC(=O)[C@H](C)NC(=O)[C@H](CC(=O)O)N(C)C(=O)[C@H](CCCCN)N(C)C(=O)[C@H](Cc2c[nH]c3ccccc23)NC(=O)[C@H](CO)NC(=O)[C@H](Cc2c[nH]c3ccccc23)NC(=O)[C@@H]2C[C@@H](O)CN2C1=O. The van der Waals surface area contributed by atoms with E-state index in [0.717, 1.165) is 38.5 Å². The maximum absolute atomic E-state index is 15.6. The number of phenolic OH excluding ortho intramolecular Hbond substituents is 1. The topological polar surface area (TPSA) is 647 Å². The number of para-hydroxylation sites is 2. The number of allylic oxidation sites excluding steroid dienone is 1. The van der Waals surface area contributed by atoms with Gasteiger partial charge in [0.1, 0.15) is 90.3 Å². The van der Waals surface area contributed by atoms with Crippen LogP contribution in [0.1, 0.15) is 115 Å². The normalized spacial score (nSPS) is 25.6. The summed E-state index contributed by atoms with van der Waals surface area (Å²) in [5, 5.41) is 69.9. The van der Waals surface area contributed by atoms with Crippen molar-refractivity contribution in [3.8, 4) is 5.75 Å². The number of carbonyl (C=O) groups excluding carboxylic acids is 17. The van der Waals surface area contributed by atoms with Crippen molar-refractivity contribution in [1.29, 1.82) is 0 Å². The second-order valence-corrected chi connectivity index (χ2v) is 34.5. The number of aliphatic hydroxyl groups is 2. The van der Waals surface area contributed by atoms with Crippen LogP contribution >= 0.6 is 11.8 Å². The number of unbranched alkanes of at least 4 members (excludes halogenated alkanes) is 1. The molecule has 0 bridgehead atoms. The maximum atomic E-state index is 15.6. The molecule has 0 aliphatic carbocycles. The lowest BCUT2D eigenvalue weighted by molar-refractivity contribution is -0.151. The first-order valence-corrected chi connectivity index (χ1v) is 44.3. The van der Waals surface area contributed by atoms with Gasteiger partial charge in [0.05, 0.1) is 37.9 Å². The van der Waals surface area contributed by atoms with Crippen LogP contribution in [0.3, 0.4) is 0 Å². The fraction of sp³-hybridized carbons (Fsp3) is 0.506. The molecule has 44 heteroatoms. The number of likely N-dealkylation sites (N-methyl/N-ethyl adjacent to an activating group) is 3. The number of fused-ring (bicyclic) bond motifs is 4. The molecule has 4 aliphatic heterocycles. The van der Waals surface area contributed by atoms with Gasteiger partial charge in [0, 0.05) is 125 Å². The molecule has 15 atom stereocenters. The molecule has 9 rings (SSSR count). The van der Waals surface area contributed by atoms with E-state index in [9.17, 15) is 73.2 Å². The number of nitrogens with one attached hydrogen (secondary N) is 12. The zero-order valence-corrected chi connectivity index (χ0v) is 74.6. The van der Waals surface area contributed by atoms with Crippen LogP contribution < -0.4 is 70.4 Å². The van der Waals surface area contributed by atoms with Crippen molar-refractivity contribution in [2.45, 2.75) is 208 Å². The quantitative estimate of drug-likeness (QED) is 0.0292. The van der Waals surface area contributed by atoms with E-state index in [4.69, 9.17) is 17.2 Å². The molecule has 17 amide bonds. The van der Waals surface area contributed by atoms with E-state index >= 15 is 33.6 Å². The molecule has 0 spiro atoms. The van der Waals surface area contributed by atoms with Crippen molar-refractivity contribution in [3.63, 3.8) is 0 Å². The number of carboxylic acids is 1. The Labute approximate surface area is 758 Å². The van der Waals surface area contributed by atoms with Gasteiger partial charge in [0.25, 0.3) is 0 Å². The van der Waals surface area contributed by atoms with Crippen molar-refractivity contribution in [1.82, 2.24) is 87.6 Å². The predicted molar refractivity (Wildman–Crippen MR) is 476 cm³/mol. The molecule has 0 saturated carbocycles. The lowest BCUT2D eigenvalue weighted by atomic mass is 10.00. The van der Waals surface area contributed by atoms with Gasteiger partial charge in [-0.3, -0.25) is 91.3 Å². The smallest absolute Gasteiger partial charge is 0.305 e. The summed E-state index contributed by atoms with van der Waals surface area (Å²) in [5.74, 6) is -20.5. The molecule has 3 saturated heterocycles. The number of carbonyl (C=O) groups is 18. The van der Waals surface area contributed by atoms with Gasteiger partial charge in [-0.15, -0.1) is 11.8 Å². The Morgan fingerprint density at radius 3 is 1.73 bits per heavy atom. The standard InChI is InChI=1S/C87H117N21O22S/c1-45(2)30-60-86(129)108-41-53(111)35-69(108)82(125)97-58(32-49-38-92-56-19-10-8-17-54(49)56)77(120)102-64(42-109)79(122)101-62(33-50-39-93-57-20-11-9-18-55(50)57)84(127)105(6)67(21-12-13-27-88)87(130)106(7)68(37-73(115)116)81(124)95-46(3)74(117)103-65(76(119)94-40-71(90)113)43-131-44-72(114)96-61(31-48-23-25-52(110)26-24-48)83(126)104(5)47(4)75(118)99-63(36-70(89)112)85(128)107-29-15-22-66(107)80(123)98-59(78(121)100-60)34-51-16-14-28-91-51/h8-11,16-20,23-26,28,38-39,45-47,53,58-69,92-93,109-111H,12-15,21-22,27,29-37,40-44,88H2,1-7H3,(H2,89,112)(H2,90,113)(H,94,119)(H,95,124)(H,96,114)(H,97,125)(H,98,123)(H,99,118)(H,100,121)(H,101,122)(H,102,120)(H,103,117)(H,115,116)/t46-,47-,53+,58-,59-,60?,61-,62-,63?,64-,65-,66-,67-,68-,69-/m0/s1. The molecule has 0 radical (unpaired) electrons. The van der Waals surface area contributed by atoms with E-state index < -0.39 is 248 Å². The molecular formula is C87H117N21O22S. The van der Waals surface area contributed by atoms with E-state index in [2.05, 4.69) is 68.1 Å². The number of hydrogen-bond acceptors (Lipinski definition) is 24. The second-order valence-electron chi connectivity index (χ2n) is 33.4. The van der Waals surface area contributed by atoms with Gasteiger partial charge in [0.2, 0.25) is 100 Å². The Hall–Kier alpha value is -13.4. The maximum Gasteiger partial charge on any atom is 0.305 e. The first-order valence-electron chi connectivity index (χ1n) is 43.1. The summed E-state index contributed by atoms with van der Waals surface area (Å²) in [6, 6.07) is -3.72. The Bertz CT molecular complexity index is 5120. The highest BCUT2D eigenvalue weighted by atomic mass is 32.2. The third-order valence-corrected chi connectivity index (χ3v) is 24.3. The number of aromatic hydroxyl groups is 1. The molecule has 22 N–H and O–H groups in total. The molecule has 4 aliphatic rings. The van der Waals surface area contributed by atoms with Crippen LogP contribution in [0.5, 0.6) is 5.75 Å². The van der Waals surface area contributed by atoms with Crippen molar-refractivity contribution < 1.29 is 107 Å². The van der Waals surface area contributed by atoms with Gasteiger partial charge in [-0.25, -0.2) is 0 Å². The fourth-order valence-electron chi connectivity index (χ4n) is 16.0. The van der Waals surface area contributed by atoms with E-state index in [1.165, 1.54) is 45.3 Å². The minimum Gasteiger partial charge on any atom is -0.508 e. The molecule has 3 fully saturated rings. The number of aromatic nitrogens is 2. The zero-order valence-electron chi connectivity index (χ0n) is 73.8. The van der Waals surface area contributed by atoms with Crippen LogP contribution in [-0.4, -0.2) is 324 Å². The van der Waals surface area contributed by atoms with Crippen molar-refractivity contribution in [2.75, 3.05) is 65.4 Å². The highest BCUT2D eigenvalue weighted by Crippen LogP contribution is 2.28. The number of aliphatic carboxylic acids is 1. The number of rotatable bonds is 22. The number of phenols is 1. The summed E-state index contributed by atoms with van der Waals surface area (Å²) in [7, 11) is 3.48. The number of hydrogen-bond donors (Lipinski definition) is 19. The number of nitrogens with two attached hydrogens (primary N) is 3. The van der Waals surface area contributed by atoms with Crippen LogP contribution in [0, 0.1) is 5.92 Å². The Balaban J connectivity index is 1.08. The second kappa shape index (κ2) is 47.3. The summed E-state index contributed by atoms with van der Waals surface area (Å²) in [5.41, 5.74) is 19.8. The summed E-state index contributed by atoms with van der Waals surface area (Å²) >= 11 is 0.712. The van der Waals surface area contributed by atoms with Gasteiger partial charge in [0.15, 0.2) is 0 Å². The Morgan fingerprint density at radius 1 is 0.573 bits per heavy atom. The number of primary amides is 2. The first-order chi connectivity index (χ1) is 62.2. The number of nitrogens with zero attached hydrogens (tertiary/aromatic N) is 6. The molecule has 708 valence electrons. The monoisotopic (exact) mass is 1840 g/mol. The molecule has 2 unspecified atom stereocenters. The summed E-state index contributed by atoms with van der Waals surface area (Å²) < 4.78 is 0. The molecule has 5 aromatic rings. The van der Waals surface area contributed by atoms with Crippen LogP contribution in [0.4, 0.5) is 0 Å². The minimum absolute atomic E-state index is 0.0160. The number of aliphatic imine (C=N–C) groups is 1. The number of amides is 17. The van der Waals surface area contributed by atoms with Gasteiger partial charge in [-0.05, 0) is 106 Å². The van der Waals surface area contributed by atoms with Gasteiger partial charge in [-0.2, -0.15) is 0 Å². The number of H-pyrrole nitrogens is 2. The molecule has 6 heterocycles. The number of thioether (sulfide) groups is 1. The van der Waals surface area contributed by atoms with E-state index in [1.807, 2.05) is 0 Å². The average Bonchev–Trinajstić information content (AvgIpc) is 1.69. The van der Waals surface area contributed by atoms with Crippen LogP contribution in [0.15, 0.2) is 102 Å². The number of benzene rings is 3. The molecule has 2 aromatic heterocycles. The highest BCUT2D eigenvalue weighted by molar-refractivity contribution is 8.00. The molecule has 43 nitrogen and oxygen atoms in total. The number of carboxylic acid groups (broad SMARTS) is 1. The molecule has 3 aromatic carbocycles. The first kappa shape index (κ1) is 101. The third-order valence-electron chi connectivity index (χ3n) is 23.2. The lowest BCUT2D eigenvalue weighted by Gasteiger charge is -2.36. The lowest BCUT2D eigenvalue weighted by Crippen LogP contribution is -2.61. The summed E-state index contributed by atoms with van der Waals surface area (Å²) in [4.78, 5) is 275. The van der Waals surface area contributed by atoms with Gasteiger partial charge in [-0.1, -0.05) is 68.5 Å². The minimum atomic E-state index is -1.97. The Kier molecular flexibility index (Phi) is 36.6. The molecular weight excluding hydrogens is 1720 g/mol. The third kappa shape index (κ3) is 27.6. The van der Waals surface area contributed by atoms with Crippen LogP contribution in [0.25, 0.3) is 21.8 Å². The summed E-state index contributed by atoms with van der Waals surface area (Å²) in [6.45, 7) is 3.46. The zero-order chi connectivity index (χ0) is 95.8. The number of aromatic amines is 2. The van der Waals surface area contributed by atoms with Gasteiger partial charge < -0.3 is 125 Å². The van der Waals surface area contributed by atoms with E-state index in [-0.39, 0.29) is 89.0 Å². The molecule has 131 heavy (non-hydrogen) atoms. The summed E-state index contributed by atoms with van der Waals surface area (Å²) in [6.07, 6.45) is 2.03. The van der Waals surface area contributed by atoms with Crippen molar-refractivity contribution in [2.24, 2.45) is 28.1 Å². The fourth-order valence-corrected chi connectivity index (χ4v) is 16.9. The predicted octanol–water partition coefficient (Wildman–Crippen LogP) is -4.17. The average molecular weight is 1840 g/mol. The van der Waals surface area contributed by atoms with E-state index in [1.54, 1.807) is 87.1 Å². The highest BCUT2D eigenvalue weighted by Gasteiger charge is 2.47. The van der Waals surface area contributed by atoms with Crippen LogP contribution in [-0.2, 0) is 106 Å². The van der Waals surface area contributed by atoms with Crippen LogP contribution in [0.2, 0.25) is 0 Å². The Morgan fingerprint density at radius 2 is 1.13 bits per heavy atom. The van der Waals surface area contributed by atoms with Crippen molar-refractivity contribution >= 4 is 146 Å².